The summed E-state index contributed by atoms with van der Waals surface area (Å²) in [7, 11) is -3.45. The van der Waals surface area contributed by atoms with Gasteiger partial charge >= 0.3 is 0 Å². The first-order valence-electron chi connectivity index (χ1n) is 6.07. The van der Waals surface area contributed by atoms with Gasteiger partial charge in [-0.3, -0.25) is 0 Å². The quantitative estimate of drug-likeness (QED) is 0.818. The molecule has 1 aromatic carbocycles. The highest BCUT2D eigenvalue weighted by Crippen LogP contribution is 2.15. The number of alkyl halides is 1. The molecule has 0 aliphatic carbocycles. The van der Waals surface area contributed by atoms with Crippen LogP contribution in [0.4, 0.5) is 0 Å². The van der Waals surface area contributed by atoms with Crippen molar-refractivity contribution in [2.75, 3.05) is 6.54 Å². The highest BCUT2D eigenvalue weighted by atomic mass is 35.5. The van der Waals surface area contributed by atoms with Gasteiger partial charge in [0.25, 0.3) is 0 Å². The van der Waals surface area contributed by atoms with Gasteiger partial charge in [-0.25, -0.2) is 13.1 Å². The van der Waals surface area contributed by atoms with Gasteiger partial charge in [0.1, 0.15) is 0 Å². The number of hydrogen-bond donors (Lipinski definition) is 1. The summed E-state index contributed by atoms with van der Waals surface area (Å²) in [5.74, 6) is 0. The van der Waals surface area contributed by atoms with Crippen LogP contribution in [-0.4, -0.2) is 20.3 Å². The third-order valence-corrected chi connectivity index (χ3v) is 4.68. The Labute approximate surface area is 115 Å². The van der Waals surface area contributed by atoms with E-state index in [2.05, 4.69) is 4.72 Å². The number of nitrogens with one attached hydrogen (secondary N) is 1. The van der Waals surface area contributed by atoms with E-state index >= 15 is 0 Å². The number of sulfonamides is 1. The fraction of sp³-hybridized carbons (Fsp3) is 0.538. The van der Waals surface area contributed by atoms with Crippen LogP contribution < -0.4 is 4.72 Å². The zero-order valence-electron chi connectivity index (χ0n) is 11.0. The maximum absolute atomic E-state index is 12.0. The molecule has 0 saturated carbocycles. The maximum Gasteiger partial charge on any atom is 0.240 e. The van der Waals surface area contributed by atoms with Crippen LogP contribution in [-0.2, 0) is 10.0 Å². The Kier molecular flexibility index (Phi) is 5.63. The zero-order valence-corrected chi connectivity index (χ0v) is 12.6. The third kappa shape index (κ3) is 4.26. The molecule has 0 radical (unpaired) electrons. The molecular formula is C13H20ClNO2S. The van der Waals surface area contributed by atoms with E-state index in [0.29, 0.717) is 4.90 Å². The molecule has 18 heavy (non-hydrogen) atoms. The number of halogens is 1. The molecular weight excluding hydrogens is 270 g/mol. The van der Waals surface area contributed by atoms with Crippen LogP contribution in [0.5, 0.6) is 0 Å². The second-order valence-electron chi connectivity index (χ2n) is 4.48. The van der Waals surface area contributed by atoms with E-state index in [1.54, 1.807) is 12.1 Å². The molecule has 5 heteroatoms. The first kappa shape index (κ1) is 15.5. The van der Waals surface area contributed by atoms with Crippen LogP contribution in [0.3, 0.4) is 0 Å². The van der Waals surface area contributed by atoms with Crippen molar-refractivity contribution in [3.8, 4) is 0 Å². The molecule has 1 rings (SSSR count). The van der Waals surface area contributed by atoms with Crippen molar-refractivity contribution in [3.05, 3.63) is 29.3 Å². The third-order valence-electron chi connectivity index (χ3n) is 2.89. The van der Waals surface area contributed by atoms with Gasteiger partial charge in [-0.1, -0.05) is 19.4 Å². The van der Waals surface area contributed by atoms with E-state index in [9.17, 15) is 8.42 Å². The lowest BCUT2D eigenvalue weighted by atomic mass is 10.1. The predicted octanol–water partition coefficient (Wildman–Crippen LogP) is 2.99. The summed E-state index contributed by atoms with van der Waals surface area (Å²) in [5, 5.41) is -0.156. The molecule has 1 N–H and O–H groups in total. The van der Waals surface area contributed by atoms with Crippen LogP contribution in [0.15, 0.2) is 23.1 Å². The van der Waals surface area contributed by atoms with Crippen LogP contribution >= 0.6 is 11.6 Å². The SMILES string of the molecule is CCCC(Cl)CNS(=O)(=O)c1ccc(C)c(C)c1. The van der Waals surface area contributed by atoms with Crippen molar-refractivity contribution in [2.24, 2.45) is 0 Å². The normalized spacial score (nSPS) is 13.6. The van der Waals surface area contributed by atoms with E-state index in [0.717, 1.165) is 24.0 Å². The predicted molar refractivity (Wildman–Crippen MR) is 75.7 cm³/mol. The van der Waals surface area contributed by atoms with Gasteiger partial charge in [0.05, 0.1) is 4.90 Å². The smallest absolute Gasteiger partial charge is 0.210 e. The van der Waals surface area contributed by atoms with Gasteiger partial charge in [-0.15, -0.1) is 11.6 Å². The minimum atomic E-state index is -3.45. The van der Waals surface area contributed by atoms with E-state index < -0.39 is 10.0 Å². The van der Waals surface area contributed by atoms with Crippen molar-refractivity contribution in [1.82, 2.24) is 4.72 Å². The lowest BCUT2D eigenvalue weighted by molar-refractivity contribution is 0.576. The monoisotopic (exact) mass is 289 g/mol. The topological polar surface area (TPSA) is 46.2 Å². The van der Waals surface area contributed by atoms with Gasteiger partial charge in [0.2, 0.25) is 10.0 Å². The molecule has 0 saturated heterocycles. The lowest BCUT2D eigenvalue weighted by Gasteiger charge is -2.11. The van der Waals surface area contributed by atoms with E-state index in [1.807, 2.05) is 26.8 Å². The van der Waals surface area contributed by atoms with Crippen molar-refractivity contribution in [3.63, 3.8) is 0 Å². The lowest BCUT2D eigenvalue weighted by Crippen LogP contribution is -2.29. The Morgan fingerprint density at radius 3 is 2.50 bits per heavy atom. The number of hydrogen-bond acceptors (Lipinski definition) is 2. The van der Waals surface area contributed by atoms with E-state index in [-0.39, 0.29) is 11.9 Å². The summed E-state index contributed by atoms with van der Waals surface area (Å²) in [6.45, 7) is 6.14. The molecule has 102 valence electrons. The first-order chi connectivity index (χ1) is 8.36. The van der Waals surface area contributed by atoms with E-state index in [4.69, 9.17) is 11.6 Å². The second kappa shape index (κ2) is 6.55. The van der Waals surface area contributed by atoms with Gasteiger partial charge < -0.3 is 0 Å². The maximum atomic E-state index is 12.0. The number of benzene rings is 1. The molecule has 0 heterocycles. The van der Waals surface area contributed by atoms with Crippen molar-refractivity contribution in [1.29, 1.82) is 0 Å². The minimum absolute atomic E-state index is 0.156. The Hall–Kier alpha value is -0.580. The molecule has 0 fully saturated rings. The standard InChI is InChI=1S/C13H20ClNO2S/c1-4-5-12(14)9-15-18(16,17)13-7-6-10(2)11(3)8-13/h6-8,12,15H,4-5,9H2,1-3H3. The Morgan fingerprint density at radius 1 is 1.28 bits per heavy atom. The fourth-order valence-corrected chi connectivity index (χ4v) is 3.13. The summed E-state index contributed by atoms with van der Waals surface area (Å²) >= 11 is 6.00. The molecule has 3 nitrogen and oxygen atoms in total. The van der Waals surface area contributed by atoms with Crippen molar-refractivity contribution >= 4 is 21.6 Å². The van der Waals surface area contributed by atoms with E-state index in [1.165, 1.54) is 0 Å². The van der Waals surface area contributed by atoms with Gasteiger partial charge in [0.15, 0.2) is 0 Å². The first-order valence-corrected chi connectivity index (χ1v) is 7.99. The minimum Gasteiger partial charge on any atom is -0.210 e. The largest absolute Gasteiger partial charge is 0.240 e. The van der Waals surface area contributed by atoms with Gasteiger partial charge in [-0.05, 0) is 43.5 Å². The zero-order chi connectivity index (χ0) is 13.8. The molecule has 1 atom stereocenters. The number of rotatable bonds is 6. The molecule has 1 aromatic rings. The summed E-state index contributed by atoms with van der Waals surface area (Å²) < 4.78 is 26.6. The molecule has 0 amide bonds. The summed E-state index contributed by atoms with van der Waals surface area (Å²) in [6, 6.07) is 5.11. The summed E-state index contributed by atoms with van der Waals surface area (Å²) in [6.07, 6.45) is 1.75. The van der Waals surface area contributed by atoms with Crippen LogP contribution in [0.2, 0.25) is 0 Å². The Balaban J connectivity index is 2.77. The molecule has 0 aliphatic rings. The molecule has 0 bridgehead atoms. The highest BCUT2D eigenvalue weighted by Gasteiger charge is 2.16. The average molecular weight is 290 g/mol. The van der Waals surface area contributed by atoms with Crippen molar-refractivity contribution < 1.29 is 8.42 Å². The van der Waals surface area contributed by atoms with Gasteiger partial charge in [-0.2, -0.15) is 0 Å². The summed E-state index contributed by atoms with van der Waals surface area (Å²) in [4.78, 5) is 0.297. The van der Waals surface area contributed by atoms with Crippen LogP contribution in [0.1, 0.15) is 30.9 Å². The summed E-state index contributed by atoms with van der Waals surface area (Å²) in [5.41, 5.74) is 2.05. The molecule has 0 spiro atoms. The second-order valence-corrected chi connectivity index (χ2v) is 6.87. The Morgan fingerprint density at radius 2 is 1.94 bits per heavy atom. The van der Waals surface area contributed by atoms with Gasteiger partial charge in [0, 0.05) is 11.9 Å². The average Bonchev–Trinajstić information content (AvgIpc) is 2.30. The molecule has 1 unspecified atom stereocenters. The number of aryl methyl sites for hydroxylation is 2. The fourth-order valence-electron chi connectivity index (χ4n) is 1.58. The Bertz CT molecular complexity index is 500. The van der Waals surface area contributed by atoms with Crippen LogP contribution in [0, 0.1) is 13.8 Å². The van der Waals surface area contributed by atoms with Crippen LogP contribution in [0.25, 0.3) is 0 Å². The molecule has 0 aromatic heterocycles. The molecule has 0 aliphatic heterocycles. The van der Waals surface area contributed by atoms with Crippen molar-refractivity contribution in [2.45, 2.75) is 43.9 Å². The highest BCUT2D eigenvalue weighted by molar-refractivity contribution is 7.89.